The molecule has 0 spiro atoms. The van der Waals surface area contributed by atoms with E-state index in [-0.39, 0.29) is 12.0 Å². The molecule has 0 aromatic carbocycles. The highest BCUT2D eigenvalue weighted by molar-refractivity contribution is 5.76. The topological polar surface area (TPSA) is 42.4 Å². The summed E-state index contributed by atoms with van der Waals surface area (Å²) in [4.78, 5) is 18.0. The first-order valence-corrected chi connectivity index (χ1v) is 6.01. The Morgan fingerprint density at radius 3 is 3.06 bits per heavy atom. The number of carbonyl (C=O) groups is 1. The normalized spacial score (nSPS) is 19.8. The second-order valence-corrected chi connectivity index (χ2v) is 4.26. The highest BCUT2D eigenvalue weighted by Crippen LogP contribution is 2.22. The van der Waals surface area contributed by atoms with Crippen LogP contribution in [0.5, 0.6) is 0 Å². The third-order valence-electron chi connectivity index (χ3n) is 3.32. The van der Waals surface area contributed by atoms with Gasteiger partial charge in [0.1, 0.15) is 6.04 Å². The number of esters is 1. The fourth-order valence-corrected chi connectivity index (χ4v) is 2.16. The van der Waals surface area contributed by atoms with Crippen molar-refractivity contribution in [3.63, 3.8) is 0 Å². The molecule has 0 N–H and O–H groups in total. The molecule has 2 rings (SSSR count). The summed E-state index contributed by atoms with van der Waals surface area (Å²) in [5, 5.41) is 0. The minimum Gasteiger partial charge on any atom is -0.468 e. The summed E-state index contributed by atoms with van der Waals surface area (Å²) >= 11 is 0. The highest BCUT2D eigenvalue weighted by atomic mass is 16.5. The van der Waals surface area contributed by atoms with Gasteiger partial charge in [0.15, 0.2) is 0 Å². The number of pyridine rings is 1. The SMILES string of the molecule is CCc1cccnc1CN1CCC1C(=O)OC. The quantitative estimate of drug-likeness (QED) is 0.738. The molecular formula is C13H18N2O2. The molecule has 1 aliphatic heterocycles. The summed E-state index contributed by atoms with van der Waals surface area (Å²) in [5.41, 5.74) is 2.33. The van der Waals surface area contributed by atoms with Gasteiger partial charge in [-0.05, 0) is 24.5 Å². The predicted molar refractivity (Wildman–Crippen MR) is 64.4 cm³/mol. The van der Waals surface area contributed by atoms with E-state index in [4.69, 9.17) is 4.74 Å². The van der Waals surface area contributed by atoms with Gasteiger partial charge in [-0.1, -0.05) is 13.0 Å². The van der Waals surface area contributed by atoms with Gasteiger partial charge in [0.25, 0.3) is 0 Å². The average Bonchev–Trinajstić information content (AvgIpc) is 2.34. The van der Waals surface area contributed by atoms with Crippen LogP contribution < -0.4 is 0 Å². The molecule has 1 aromatic heterocycles. The van der Waals surface area contributed by atoms with Crippen LogP contribution in [0.25, 0.3) is 0 Å². The van der Waals surface area contributed by atoms with E-state index in [1.54, 1.807) is 6.20 Å². The molecule has 1 aromatic rings. The maximum absolute atomic E-state index is 11.5. The molecule has 0 saturated carbocycles. The summed E-state index contributed by atoms with van der Waals surface area (Å²) in [5.74, 6) is -0.134. The first-order chi connectivity index (χ1) is 8.26. The third kappa shape index (κ3) is 2.47. The minimum atomic E-state index is -0.134. The number of hydrogen-bond acceptors (Lipinski definition) is 4. The molecule has 4 heteroatoms. The summed E-state index contributed by atoms with van der Waals surface area (Å²) in [6.07, 6.45) is 3.67. The Morgan fingerprint density at radius 2 is 2.47 bits per heavy atom. The lowest BCUT2D eigenvalue weighted by molar-refractivity contribution is -0.152. The van der Waals surface area contributed by atoms with Crippen LogP contribution in [-0.4, -0.2) is 35.5 Å². The van der Waals surface area contributed by atoms with Gasteiger partial charge in [-0.2, -0.15) is 0 Å². The number of hydrogen-bond donors (Lipinski definition) is 0. The minimum absolute atomic E-state index is 0.0771. The van der Waals surface area contributed by atoms with Crippen LogP contribution in [0.3, 0.4) is 0 Å². The second kappa shape index (κ2) is 5.27. The van der Waals surface area contributed by atoms with Crippen molar-refractivity contribution in [2.45, 2.75) is 32.4 Å². The Bertz CT molecular complexity index is 406. The van der Waals surface area contributed by atoms with E-state index in [0.717, 1.165) is 31.6 Å². The van der Waals surface area contributed by atoms with E-state index in [9.17, 15) is 4.79 Å². The van der Waals surface area contributed by atoms with E-state index in [1.807, 2.05) is 6.07 Å². The predicted octanol–water partition coefficient (Wildman–Crippen LogP) is 1.39. The van der Waals surface area contributed by atoms with Gasteiger partial charge < -0.3 is 4.74 Å². The number of aryl methyl sites for hydroxylation is 1. The molecule has 1 unspecified atom stereocenters. The number of methoxy groups -OCH3 is 1. The number of likely N-dealkylation sites (tertiary alicyclic amines) is 1. The fraction of sp³-hybridized carbons (Fsp3) is 0.538. The Balaban J connectivity index is 2.04. The lowest BCUT2D eigenvalue weighted by Gasteiger charge is -2.38. The number of aromatic nitrogens is 1. The molecule has 2 heterocycles. The molecule has 4 nitrogen and oxygen atoms in total. The summed E-state index contributed by atoms with van der Waals surface area (Å²) in [7, 11) is 1.44. The molecule has 17 heavy (non-hydrogen) atoms. The lowest BCUT2D eigenvalue weighted by atomic mass is 10.0. The summed E-state index contributed by atoms with van der Waals surface area (Å²) in [6.45, 7) is 3.80. The van der Waals surface area contributed by atoms with Gasteiger partial charge >= 0.3 is 5.97 Å². The van der Waals surface area contributed by atoms with Crippen LogP contribution in [-0.2, 0) is 22.5 Å². The van der Waals surface area contributed by atoms with Crippen molar-refractivity contribution in [3.05, 3.63) is 29.6 Å². The van der Waals surface area contributed by atoms with Crippen molar-refractivity contribution in [1.82, 2.24) is 9.88 Å². The zero-order chi connectivity index (χ0) is 12.3. The smallest absolute Gasteiger partial charge is 0.323 e. The molecule has 1 saturated heterocycles. The van der Waals surface area contributed by atoms with E-state index >= 15 is 0 Å². The summed E-state index contributed by atoms with van der Waals surface area (Å²) in [6, 6.07) is 3.97. The Labute approximate surface area is 102 Å². The maximum Gasteiger partial charge on any atom is 0.323 e. The molecular weight excluding hydrogens is 216 g/mol. The molecule has 1 fully saturated rings. The first kappa shape index (κ1) is 12.0. The van der Waals surface area contributed by atoms with Crippen molar-refractivity contribution in [2.75, 3.05) is 13.7 Å². The fourth-order valence-electron chi connectivity index (χ4n) is 2.16. The van der Waals surface area contributed by atoms with Crippen LogP contribution in [0.1, 0.15) is 24.6 Å². The van der Waals surface area contributed by atoms with Crippen LogP contribution >= 0.6 is 0 Å². The van der Waals surface area contributed by atoms with Crippen molar-refractivity contribution >= 4 is 5.97 Å². The number of rotatable bonds is 4. The van der Waals surface area contributed by atoms with Gasteiger partial charge in [-0.3, -0.25) is 14.7 Å². The van der Waals surface area contributed by atoms with Gasteiger partial charge in [0, 0.05) is 19.3 Å². The lowest BCUT2D eigenvalue weighted by Crippen LogP contribution is -2.52. The zero-order valence-electron chi connectivity index (χ0n) is 10.3. The van der Waals surface area contributed by atoms with Gasteiger partial charge in [-0.15, -0.1) is 0 Å². The van der Waals surface area contributed by atoms with Crippen molar-refractivity contribution in [3.8, 4) is 0 Å². The monoisotopic (exact) mass is 234 g/mol. The van der Waals surface area contributed by atoms with Crippen molar-refractivity contribution < 1.29 is 9.53 Å². The van der Waals surface area contributed by atoms with Gasteiger partial charge in [0.2, 0.25) is 0 Å². The van der Waals surface area contributed by atoms with E-state index in [1.165, 1.54) is 12.7 Å². The average molecular weight is 234 g/mol. The van der Waals surface area contributed by atoms with E-state index < -0.39 is 0 Å². The van der Waals surface area contributed by atoms with E-state index in [0.29, 0.717) is 0 Å². The number of ether oxygens (including phenoxy) is 1. The highest BCUT2D eigenvalue weighted by Gasteiger charge is 2.35. The molecule has 0 radical (unpaired) electrons. The Morgan fingerprint density at radius 1 is 1.65 bits per heavy atom. The summed E-state index contributed by atoms with van der Waals surface area (Å²) < 4.78 is 4.78. The zero-order valence-corrected chi connectivity index (χ0v) is 10.3. The van der Waals surface area contributed by atoms with Gasteiger partial charge in [0.05, 0.1) is 12.8 Å². The molecule has 0 amide bonds. The number of nitrogens with zero attached hydrogens (tertiary/aromatic N) is 2. The Kier molecular flexibility index (Phi) is 3.74. The van der Waals surface area contributed by atoms with Crippen molar-refractivity contribution in [1.29, 1.82) is 0 Å². The third-order valence-corrected chi connectivity index (χ3v) is 3.32. The van der Waals surface area contributed by atoms with E-state index in [2.05, 4.69) is 22.9 Å². The molecule has 0 bridgehead atoms. The molecule has 0 aliphatic carbocycles. The van der Waals surface area contributed by atoms with Crippen LogP contribution in [0.4, 0.5) is 0 Å². The van der Waals surface area contributed by atoms with Crippen LogP contribution in [0.2, 0.25) is 0 Å². The van der Waals surface area contributed by atoms with Gasteiger partial charge in [-0.25, -0.2) is 0 Å². The van der Waals surface area contributed by atoms with Crippen molar-refractivity contribution in [2.24, 2.45) is 0 Å². The number of carbonyl (C=O) groups excluding carboxylic acids is 1. The largest absolute Gasteiger partial charge is 0.468 e. The molecule has 92 valence electrons. The van der Waals surface area contributed by atoms with Crippen LogP contribution in [0, 0.1) is 0 Å². The standard InChI is InChI=1S/C13H18N2O2/c1-3-10-5-4-7-14-11(10)9-15-8-6-12(15)13(16)17-2/h4-5,7,12H,3,6,8-9H2,1-2H3. The first-order valence-electron chi connectivity index (χ1n) is 6.01. The molecule has 1 atom stereocenters. The Hall–Kier alpha value is -1.42. The maximum atomic E-state index is 11.5. The molecule has 1 aliphatic rings. The van der Waals surface area contributed by atoms with Crippen LogP contribution in [0.15, 0.2) is 18.3 Å². The second-order valence-electron chi connectivity index (χ2n) is 4.26.